The van der Waals surface area contributed by atoms with Gasteiger partial charge in [-0.25, -0.2) is 4.79 Å². The number of hydrogen-bond donors (Lipinski definition) is 4. The molecule has 7 N–H and O–H groups in total. The number of nitrogens with zero attached hydrogens (tertiary/aromatic N) is 2. The molecule has 2 atom stereocenters. The Morgan fingerprint density at radius 3 is 2.58 bits per heavy atom. The number of amides is 1. The summed E-state index contributed by atoms with van der Waals surface area (Å²) in [6.07, 6.45) is 1.23. The number of carboxylic acid groups (broad SMARTS) is 1. The van der Waals surface area contributed by atoms with Gasteiger partial charge in [0.05, 0.1) is 6.04 Å². The number of aliphatic carboxylic acids is 1. The van der Waals surface area contributed by atoms with Crippen LogP contribution >= 0.6 is 0 Å². The molecule has 0 spiro atoms. The molecule has 8 heteroatoms. The summed E-state index contributed by atoms with van der Waals surface area (Å²) in [6, 6.07) is 5.87. The molecule has 0 fully saturated rings. The number of hydrogen-bond acceptors (Lipinski definition) is 4. The Bertz CT molecular complexity index is 642. The summed E-state index contributed by atoms with van der Waals surface area (Å²) in [7, 11) is 0. The summed E-state index contributed by atoms with van der Waals surface area (Å²) >= 11 is 0. The highest BCUT2D eigenvalue weighted by Crippen LogP contribution is 2.24. The maximum absolute atomic E-state index is 12.6. The van der Waals surface area contributed by atoms with E-state index in [-0.39, 0.29) is 24.8 Å². The first kappa shape index (κ1) is 17.7. The van der Waals surface area contributed by atoms with E-state index in [4.69, 9.17) is 17.2 Å². The number of fused-ring (bicyclic) bond motifs is 1. The van der Waals surface area contributed by atoms with Crippen molar-refractivity contribution < 1.29 is 14.7 Å². The molecule has 1 aromatic rings. The Kier molecular flexibility index (Phi) is 5.75. The van der Waals surface area contributed by atoms with Crippen LogP contribution in [0.15, 0.2) is 29.3 Å². The van der Waals surface area contributed by atoms with E-state index in [0.29, 0.717) is 19.4 Å². The average Bonchev–Trinajstić information content (AvgIpc) is 2.56. The van der Waals surface area contributed by atoms with E-state index >= 15 is 0 Å². The number of guanidine groups is 1. The summed E-state index contributed by atoms with van der Waals surface area (Å²) < 4.78 is 0. The second-order valence-corrected chi connectivity index (χ2v) is 5.85. The number of aliphatic imine (C=N–C) groups is 1. The van der Waals surface area contributed by atoms with Gasteiger partial charge in [0.1, 0.15) is 6.04 Å². The molecule has 2 rings (SSSR count). The number of carbonyl (C=O) groups is 2. The van der Waals surface area contributed by atoms with Crippen molar-refractivity contribution in [3.63, 3.8) is 0 Å². The van der Waals surface area contributed by atoms with E-state index in [2.05, 4.69) is 4.99 Å². The molecule has 0 aliphatic carbocycles. The lowest BCUT2D eigenvalue weighted by Crippen LogP contribution is -2.53. The van der Waals surface area contributed by atoms with Crippen molar-refractivity contribution in [2.45, 2.75) is 37.9 Å². The largest absolute Gasteiger partial charge is 0.480 e. The summed E-state index contributed by atoms with van der Waals surface area (Å²) in [5.41, 5.74) is 18.3. The molecule has 0 saturated carbocycles. The van der Waals surface area contributed by atoms with Crippen LogP contribution in [-0.4, -0.2) is 46.5 Å². The predicted molar refractivity (Wildman–Crippen MR) is 90.0 cm³/mol. The summed E-state index contributed by atoms with van der Waals surface area (Å²) in [6.45, 7) is 0.641. The fraction of sp³-hybridized carbons (Fsp3) is 0.438. The molecular formula is C16H23N5O3. The van der Waals surface area contributed by atoms with Crippen LogP contribution in [-0.2, 0) is 22.6 Å². The van der Waals surface area contributed by atoms with Crippen molar-refractivity contribution in [3.8, 4) is 0 Å². The Hall–Kier alpha value is -2.61. The Balaban J connectivity index is 2.06. The van der Waals surface area contributed by atoms with Gasteiger partial charge >= 0.3 is 5.97 Å². The Labute approximate surface area is 140 Å². The van der Waals surface area contributed by atoms with Gasteiger partial charge < -0.3 is 27.2 Å². The van der Waals surface area contributed by atoms with E-state index in [9.17, 15) is 14.7 Å². The number of carboxylic acids is 1. The highest BCUT2D eigenvalue weighted by atomic mass is 16.4. The normalized spacial score (nSPS) is 17.7. The van der Waals surface area contributed by atoms with Crippen LogP contribution in [0.1, 0.15) is 24.0 Å². The van der Waals surface area contributed by atoms with Crippen LogP contribution in [0.5, 0.6) is 0 Å². The van der Waals surface area contributed by atoms with Crippen LogP contribution < -0.4 is 17.2 Å². The maximum Gasteiger partial charge on any atom is 0.326 e. The van der Waals surface area contributed by atoms with Gasteiger partial charge in [-0.15, -0.1) is 0 Å². The first-order valence-electron chi connectivity index (χ1n) is 7.81. The molecule has 0 bridgehead atoms. The fourth-order valence-electron chi connectivity index (χ4n) is 2.83. The van der Waals surface area contributed by atoms with Crippen molar-refractivity contribution in [1.82, 2.24) is 4.90 Å². The average molecular weight is 333 g/mol. The van der Waals surface area contributed by atoms with Crippen LogP contribution in [0.2, 0.25) is 0 Å². The van der Waals surface area contributed by atoms with Crippen LogP contribution in [0.4, 0.5) is 0 Å². The minimum absolute atomic E-state index is 0.00604. The molecule has 0 radical (unpaired) electrons. The molecule has 8 nitrogen and oxygen atoms in total. The quantitative estimate of drug-likeness (QED) is 0.310. The highest BCUT2D eigenvalue weighted by Gasteiger charge is 2.36. The monoisotopic (exact) mass is 333 g/mol. The van der Waals surface area contributed by atoms with Crippen LogP contribution in [0.3, 0.4) is 0 Å². The van der Waals surface area contributed by atoms with Crippen molar-refractivity contribution in [3.05, 3.63) is 35.4 Å². The fourth-order valence-corrected chi connectivity index (χ4v) is 2.83. The summed E-state index contributed by atoms with van der Waals surface area (Å²) in [4.78, 5) is 29.4. The van der Waals surface area contributed by atoms with E-state index in [1.165, 1.54) is 4.90 Å². The van der Waals surface area contributed by atoms with Gasteiger partial charge in [0, 0.05) is 19.5 Å². The van der Waals surface area contributed by atoms with E-state index in [1.807, 2.05) is 24.3 Å². The predicted octanol–water partition coefficient (Wildman–Crippen LogP) is -0.595. The number of benzene rings is 1. The summed E-state index contributed by atoms with van der Waals surface area (Å²) in [5, 5.41) is 9.46. The molecule has 24 heavy (non-hydrogen) atoms. The first-order chi connectivity index (χ1) is 11.4. The van der Waals surface area contributed by atoms with Crippen molar-refractivity contribution in [2.75, 3.05) is 6.54 Å². The molecule has 1 unspecified atom stereocenters. The molecule has 0 saturated heterocycles. The minimum Gasteiger partial charge on any atom is -0.480 e. The third kappa shape index (κ3) is 4.23. The molecule has 1 aromatic carbocycles. The number of rotatable bonds is 6. The number of nitrogens with two attached hydrogens (primary N) is 3. The first-order valence-corrected chi connectivity index (χ1v) is 7.81. The molecule has 1 aliphatic heterocycles. The molecule has 1 heterocycles. The Morgan fingerprint density at radius 1 is 1.29 bits per heavy atom. The minimum atomic E-state index is -1.02. The summed E-state index contributed by atoms with van der Waals surface area (Å²) in [5.74, 6) is -1.39. The van der Waals surface area contributed by atoms with Crippen LogP contribution in [0.25, 0.3) is 0 Å². The lowest BCUT2D eigenvalue weighted by molar-refractivity contribution is -0.152. The third-order valence-corrected chi connectivity index (χ3v) is 4.10. The molecule has 130 valence electrons. The lowest BCUT2D eigenvalue weighted by atomic mass is 9.93. The van der Waals surface area contributed by atoms with E-state index in [1.54, 1.807) is 0 Å². The molecule has 1 amide bonds. The second kappa shape index (κ2) is 7.78. The lowest BCUT2D eigenvalue weighted by Gasteiger charge is -2.36. The van der Waals surface area contributed by atoms with Gasteiger partial charge in [0.15, 0.2) is 5.96 Å². The van der Waals surface area contributed by atoms with Crippen LogP contribution in [0, 0.1) is 0 Å². The molecular weight excluding hydrogens is 310 g/mol. The Morgan fingerprint density at radius 2 is 1.96 bits per heavy atom. The number of carbonyl (C=O) groups excluding carboxylic acids is 1. The van der Waals surface area contributed by atoms with E-state index < -0.39 is 18.1 Å². The van der Waals surface area contributed by atoms with Crippen molar-refractivity contribution in [1.29, 1.82) is 0 Å². The second-order valence-electron chi connectivity index (χ2n) is 5.85. The van der Waals surface area contributed by atoms with E-state index in [0.717, 1.165) is 11.1 Å². The molecule has 1 aliphatic rings. The SMILES string of the molecule is NC(N)=NCCCC(N)C(=O)N1Cc2ccccc2C[C@H]1C(=O)O. The van der Waals surface area contributed by atoms with Crippen molar-refractivity contribution >= 4 is 17.8 Å². The zero-order valence-corrected chi connectivity index (χ0v) is 13.4. The van der Waals surface area contributed by atoms with Gasteiger partial charge in [-0.1, -0.05) is 24.3 Å². The smallest absolute Gasteiger partial charge is 0.326 e. The topological polar surface area (TPSA) is 148 Å². The maximum atomic E-state index is 12.6. The van der Waals surface area contributed by atoms with Crippen molar-refractivity contribution in [2.24, 2.45) is 22.2 Å². The zero-order valence-electron chi connectivity index (χ0n) is 13.4. The van der Waals surface area contributed by atoms with Gasteiger partial charge in [0.25, 0.3) is 0 Å². The van der Waals surface area contributed by atoms with Gasteiger partial charge in [0.2, 0.25) is 5.91 Å². The third-order valence-electron chi connectivity index (χ3n) is 4.10. The van der Waals surface area contributed by atoms with Gasteiger partial charge in [-0.2, -0.15) is 0 Å². The van der Waals surface area contributed by atoms with Gasteiger partial charge in [-0.05, 0) is 24.0 Å². The zero-order chi connectivity index (χ0) is 17.7. The van der Waals surface area contributed by atoms with Gasteiger partial charge in [-0.3, -0.25) is 9.79 Å². The molecule has 0 aromatic heterocycles. The highest BCUT2D eigenvalue weighted by molar-refractivity contribution is 5.87. The standard InChI is InChI=1S/C16H23N5O3/c17-12(6-3-7-20-16(18)19)14(22)21-9-11-5-2-1-4-10(11)8-13(21)15(23)24/h1-2,4-5,12-13H,3,6-9,17H2,(H,23,24)(H4,18,19,20)/t12?,13-/m0/s1.